The van der Waals surface area contributed by atoms with Gasteiger partial charge in [0.25, 0.3) is 0 Å². The summed E-state index contributed by atoms with van der Waals surface area (Å²) in [6, 6.07) is 8.14. The predicted octanol–water partition coefficient (Wildman–Crippen LogP) is 3.58. The number of nitrogens with zero attached hydrogens (tertiary/aromatic N) is 4. The van der Waals surface area contributed by atoms with Crippen LogP contribution < -0.4 is 10.6 Å². The summed E-state index contributed by atoms with van der Waals surface area (Å²) in [6.07, 6.45) is -0.708. The number of aliphatic imine (C=N–C) groups is 1. The van der Waals surface area contributed by atoms with Crippen LogP contribution in [0.1, 0.15) is 27.7 Å². The minimum absolute atomic E-state index is 0.167. The van der Waals surface area contributed by atoms with Gasteiger partial charge in [0, 0.05) is 37.9 Å². The van der Waals surface area contributed by atoms with Gasteiger partial charge in [-0.1, -0.05) is 24.3 Å². The summed E-state index contributed by atoms with van der Waals surface area (Å²) in [7, 11) is 1.61. The molecule has 0 radical (unpaired) electrons. The maximum Gasteiger partial charge on any atom is 0.434 e. The largest absolute Gasteiger partial charge is 0.434 e. The maximum absolute atomic E-state index is 12.6. The average molecular weight is 422 g/mol. The van der Waals surface area contributed by atoms with Gasteiger partial charge in [-0.2, -0.15) is 13.2 Å². The molecule has 0 saturated carbocycles. The van der Waals surface area contributed by atoms with Crippen LogP contribution >= 0.6 is 11.3 Å². The first kappa shape index (κ1) is 20.8. The zero-order chi connectivity index (χ0) is 20.9. The van der Waals surface area contributed by atoms with Gasteiger partial charge in [-0.25, -0.2) is 9.97 Å². The zero-order valence-electron chi connectivity index (χ0n) is 16.0. The fraction of sp³-hybridized carbons (Fsp3) is 0.316. The summed E-state index contributed by atoms with van der Waals surface area (Å²) in [6.45, 7) is 3.39. The van der Waals surface area contributed by atoms with E-state index >= 15 is 0 Å². The van der Waals surface area contributed by atoms with Gasteiger partial charge < -0.3 is 15.2 Å². The first-order valence-corrected chi connectivity index (χ1v) is 9.75. The van der Waals surface area contributed by atoms with E-state index in [9.17, 15) is 13.2 Å². The van der Waals surface area contributed by atoms with Crippen molar-refractivity contribution in [3.05, 3.63) is 69.7 Å². The van der Waals surface area contributed by atoms with Gasteiger partial charge in [0.15, 0.2) is 11.7 Å². The van der Waals surface area contributed by atoms with Gasteiger partial charge in [-0.15, -0.1) is 11.3 Å². The highest BCUT2D eigenvalue weighted by Crippen LogP contribution is 2.29. The van der Waals surface area contributed by atoms with Gasteiger partial charge in [0.2, 0.25) is 0 Å². The van der Waals surface area contributed by atoms with Crippen LogP contribution in [-0.4, -0.2) is 27.5 Å². The molecule has 10 heteroatoms. The Labute approximate surface area is 170 Å². The molecule has 29 heavy (non-hydrogen) atoms. The van der Waals surface area contributed by atoms with E-state index in [4.69, 9.17) is 0 Å². The SMILES string of the molecule is CN=C(NCc1cccc(Cn2ccnc2C)c1)NCc1nc(C(F)(F)F)cs1. The molecule has 3 rings (SSSR count). The highest BCUT2D eigenvalue weighted by Gasteiger charge is 2.33. The van der Waals surface area contributed by atoms with E-state index in [1.807, 2.05) is 25.3 Å². The van der Waals surface area contributed by atoms with Crippen LogP contribution in [0.5, 0.6) is 0 Å². The predicted molar refractivity (Wildman–Crippen MR) is 107 cm³/mol. The van der Waals surface area contributed by atoms with Crippen molar-refractivity contribution < 1.29 is 13.2 Å². The molecule has 0 unspecified atom stereocenters. The van der Waals surface area contributed by atoms with Crippen molar-refractivity contribution >= 4 is 17.3 Å². The molecule has 6 nitrogen and oxygen atoms in total. The van der Waals surface area contributed by atoms with Crippen molar-refractivity contribution in [2.45, 2.75) is 32.7 Å². The topological polar surface area (TPSA) is 67.1 Å². The lowest BCUT2D eigenvalue weighted by atomic mass is 10.1. The van der Waals surface area contributed by atoms with Crippen molar-refractivity contribution in [3.8, 4) is 0 Å². The third kappa shape index (κ3) is 5.80. The fourth-order valence-corrected chi connectivity index (χ4v) is 3.43. The van der Waals surface area contributed by atoms with Crippen LogP contribution in [0.4, 0.5) is 13.2 Å². The molecule has 0 atom stereocenters. The first-order valence-electron chi connectivity index (χ1n) is 8.87. The Morgan fingerprint density at radius 2 is 1.97 bits per heavy atom. The number of aromatic nitrogens is 3. The summed E-state index contributed by atoms with van der Waals surface area (Å²) in [5.41, 5.74) is 1.35. The number of halogens is 3. The van der Waals surface area contributed by atoms with Crippen molar-refractivity contribution in [1.29, 1.82) is 0 Å². The normalized spacial score (nSPS) is 12.2. The molecule has 154 valence electrons. The maximum atomic E-state index is 12.6. The zero-order valence-corrected chi connectivity index (χ0v) is 16.8. The molecule has 0 saturated heterocycles. The number of hydrogen-bond acceptors (Lipinski definition) is 4. The molecule has 0 amide bonds. The molecule has 0 aliphatic rings. The number of nitrogens with one attached hydrogen (secondary N) is 2. The fourth-order valence-electron chi connectivity index (χ4n) is 2.69. The lowest BCUT2D eigenvalue weighted by Gasteiger charge is -2.12. The number of guanidine groups is 1. The summed E-state index contributed by atoms with van der Waals surface area (Å²) in [5, 5.41) is 7.51. The highest BCUT2D eigenvalue weighted by atomic mass is 32.1. The van der Waals surface area contributed by atoms with Gasteiger partial charge in [-0.3, -0.25) is 4.99 Å². The van der Waals surface area contributed by atoms with E-state index in [2.05, 4.69) is 42.3 Å². The molecule has 0 fully saturated rings. The van der Waals surface area contributed by atoms with Crippen molar-refractivity contribution in [2.75, 3.05) is 7.05 Å². The van der Waals surface area contributed by atoms with E-state index in [1.54, 1.807) is 13.2 Å². The Morgan fingerprint density at radius 3 is 2.62 bits per heavy atom. The third-order valence-electron chi connectivity index (χ3n) is 4.20. The molecule has 3 aromatic rings. The number of alkyl halides is 3. The van der Waals surface area contributed by atoms with E-state index in [0.717, 1.165) is 40.2 Å². The lowest BCUT2D eigenvalue weighted by Crippen LogP contribution is -2.36. The minimum atomic E-state index is -4.42. The molecular formula is C19H21F3N6S. The van der Waals surface area contributed by atoms with Crippen LogP contribution in [0.3, 0.4) is 0 Å². The van der Waals surface area contributed by atoms with Crippen LogP contribution in [0.25, 0.3) is 0 Å². The molecule has 0 spiro atoms. The Hall–Kier alpha value is -2.88. The van der Waals surface area contributed by atoms with Gasteiger partial charge in [0.05, 0.1) is 6.54 Å². The molecule has 2 N–H and O–H groups in total. The van der Waals surface area contributed by atoms with Crippen molar-refractivity contribution in [2.24, 2.45) is 4.99 Å². The molecule has 0 bridgehead atoms. The van der Waals surface area contributed by atoms with Crippen molar-refractivity contribution in [1.82, 2.24) is 25.2 Å². The molecule has 2 aromatic heterocycles. The second kappa shape index (κ2) is 9.08. The molecule has 1 aromatic carbocycles. The minimum Gasteiger partial charge on any atom is -0.352 e. The van der Waals surface area contributed by atoms with Gasteiger partial charge in [0.1, 0.15) is 10.8 Å². The third-order valence-corrected chi connectivity index (χ3v) is 5.05. The second-order valence-electron chi connectivity index (χ2n) is 6.33. The summed E-state index contributed by atoms with van der Waals surface area (Å²) in [5.74, 6) is 1.44. The number of benzene rings is 1. The Bertz CT molecular complexity index is 976. The van der Waals surface area contributed by atoms with Crippen LogP contribution in [0.15, 0.2) is 47.0 Å². The number of thiazole rings is 1. The van der Waals surface area contributed by atoms with Crippen LogP contribution in [0.2, 0.25) is 0 Å². The number of hydrogen-bond donors (Lipinski definition) is 2. The first-order chi connectivity index (χ1) is 13.8. The second-order valence-corrected chi connectivity index (χ2v) is 7.27. The number of imidazole rings is 1. The molecule has 0 aliphatic carbocycles. The summed E-state index contributed by atoms with van der Waals surface area (Å²) >= 11 is 0.964. The average Bonchev–Trinajstić information content (AvgIpc) is 3.32. The quantitative estimate of drug-likeness (QED) is 0.471. The number of rotatable bonds is 6. The van der Waals surface area contributed by atoms with E-state index < -0.39 is 11.9 Å². The Morgan fingerprint density at radius 1 is 1.21 bits per heavy atom. The van der Waals surface area contributed by atoms with E-state index in [-0.39, 0.29) is 6.54 Å². The summed E-state index contributed by atoms with van der Waals surface area (Å²) < 4.78 is 40.0. The smallest absolute Gasteiger partial charge is 0.352 e. The van der Waals surface area contributed by atoms with E-state index in [0.29, 0.717) is 17.5 Å². The van der Waals surface area contributed by atoms with Gasteiger partial charge in [-0.05, 0) is 18.1 Å². The number of aryl methyl sites for hydroxylation is 1. The molecule has 0 aliphatic heterocycles. The van der Waals surface area contributed by atoms with Crippen LogP contribution in [-0.2, 0) is 25.8 Å². The molecular weight excluding hydrogens is 401 g/mol. The van der Waals surface area contributed by atoms with Crippen molar-refractivity contribution in [3.63, 3.8) is 0 Å². The lowest BCUT2D eigenvalue weighted by molar-refractivity contribution is -0.140. The van der Waals surface area contributed by atoms with E-state index in [1.165, 1.54) is 0 Å². The molecule has 2 heterocycles. The Balaban J connectivity index is 1.53. The van der Waals surface area contributed by atoms with Gasteiger partial charge >= 0.3 is 6.18 Å². The highest BCUT2D eigenvalue weighted by molar-refractivity contribution is 7.09. The monoisotopic (exact) mass is 422 g/mol. The Kier molecular flexibility index (Phi) is 6.53. The standard InChI is InChI=1S/C19H21F3N6S/c1-13-24-6-7-28(13)11-15-5-3-4-14(8-15)9-25-18(23-2)26-10-17-27-16(12-29-17)19(20,21)22/h3-8,12H,9-11H2,1-2H3,(H2,23,25,26). The summed E-state index contributed by atoms with van der Waals surface area (Å²) in [4.78, 5) is 11.9. The van der Waals surface area contributed by atoms with Crippen LogP contribution in [0, 0.1) is 6.92 Å².